The van der Waals surface area contributed by atoms with Crippen molar-refractivity contribution >= 4 is 0 Å². The van der Waals surface area contributed by atoms with Crippen molar-refractivity contribution in [1.29, 1.82) is 0 Å². The van der Waals surface area contributed by atoms with Gasteiger partial charge in [0.25, 0.3) is 0 Å². The fourth-order valence-corrected chi connectivity index (χ4v) is 3.41. The third-order valence-corrected chi connectivity index (χ3v) is 4.91. The van der Waals surface area contributed by atoms with Crippen molar-refractivity contribution in [3.63, 3.8) is 0 Å². The Morgan fingerprint density at radius 1 is 1.12 bits per heavy atom. The fourth-order valence-electron chi connectivity index (χ4n) is 3.41. The van der Waals surface area contributed by atoms with Crippen molar-refractivity contribution in [3.05, 3.63) is 22.8 Å². The summed E-state index contributed by atoms with van der Waals surface area (Å²) in [6.07, 6.45) is 10.3. The summed E-state index contributed by atoms with van der Waals surface area (Å²) in [7, 11) is 1.73. The van der Waals surface area contributed by atoms with E-state index in [2.05, 4.69) is 26.8 Å². The summed E-state index contributed by atoms with van der Waals surface area (Å²) < 4.78 is 17.6. The standard InChI is InChI=1S/C21H34O3/c1-5-6-7-8-9-10-11-12-23-21-17(3)20(22-4)14-18-13-16(2)24-15-19(18)21/h14,16H,5-13,15H2,1-4H3. The number of ether oxygens (including phenoxy) is 3. The second-order valence-electron chi connectivity index (χ2n) is 6.97. The lowest BCUT2D eigenvalue weighted by molar-refractivity contribution is 0.0390. The Bertz CT molecular complexity index is 510. The Labute approximate surface area is 147 Å². The molecular formula is C21H34O3. The number of rotatable bonds is 10. The van der Waals surface area contributed by atoms with Gasteiger partial charge in [-0.15, -0.1) is 0 Å². The van der Waals surface area contributed by atoms with Gasteiger partial charge < -0.3 is 14.2 Å². The van der Waals surface area contributed by atoms with E-state index in [9.17, 15) is 0 Å². The lowest BCUT2D eigenvalue weighted by Crippen LogP contribution is -2.20. The Morgan fingerprint density at radius 2 is 1.83 bits per heavy atom. The van der Waals surface area contributed by atoms with Crippen LogP contribution in [0.3, 0.4) is 0 Å². The minimum Gasteiger partial charge on any atom is -0.496 e. The third-order valence-electron chi connectivity index (χ3n) is 4.91. The van der Waals surface area contributed by atoms with Crippen LogP contribution in [-0.2, 0) is 17.8 Å². The lowest BCUT2D eigenvalue weighted by atomic mass is 9.95. The first-order chi connectivity index (χ1) is 11.7. The van der Waals surface area contributed by atoms with E-state index in [1.807, 2.05) is 0 Å². The number of benzene rings is 1. The smallest absolute Gasteiger partial charge is 0.131 e. The van der Waals surface area contributed by atoms with E-state index < -0.39 is 0 Å². The molecule has 0 N–H and O–H groups in total. The molecule has 0 amide bonds. The highest BCUT2D eigenvalue weighted by Gasteiger charge is 2.23. The highest BCUT2D eigenvalue weighted by Crippen LogP contribution is 2.38. The van der Waals surface area contributed by atoms with Crippen LogP contribution in [0.4, 0.5) is 0 Å². The summed E-state index contributed by atoms with van der Waals surface area (Å²) in [6, 6.07) is 2.16. The minimum atomic E-state index is 0.265. The quantitative estimate of drug-likeness (QED) is 0.522. The molecule has 0 aliphatic carbocycles. The number of methoxy groups -OCH3 is 1. The van der Waals surface area contributed by atoms with Crippen LogP contribution in [0.5, 0.6) is 11.5 Å². The van der Waals surface area contributed by atoms with Gasteiger partial charge >= 0.3 is 0 Å². The van der Waals surface area contributed by atoms with Crippen LogP contribution < -0.4 is 9.47 Å². The highest BCUT2D eigenvalue weighted by atomic mass is 16.5. The molecule has 0 saturated heterocycles. The van der Waals surface area contributed by atoms with Crippen LogP contribution >= 0.6 is 0 Å². The molecule has 0 fully saturated rings. The molecular weight excluding hydrogens is 300 g/mol. The van der Waals surface area contributed by atoms with E-state index in [4.69, 9.17) is 14.2 Å². The number of unbranched alkanes of at least 4 members (excludes halogenated alkanes) is 6. The van der Waals surface area contributed by atoms with Gasteiger partial charge in [0.2, 0.25) is 0 Å². The van der Waals surface area contributed by atoms with Crippen molar-refractivity contribution in [2.75, 3.05) is 13.7 Å². The molecule has 0 saturated carbocycles. The van der Waals surface area contributed by atoms with Crippen molar-refractivity contribution < 1.29 is 14.2 Å². The third kappa shape index (κ3) is 5.14. The first-order valence-electron chi connectivity index (χ1n) is 9.61. The predicted octanol–water partition coefficient (Wildman–Crippen LogP) is 5.59. The Morgan fingerprint density at radius 3 is 2.54 bits per heavy atom. The SMILES string of the molecule is CCCCCCCCCOc1c(C)c(OC)cc2c1COC(C)C2. The monoisotopic (exact) mass is 334 g/mol. The van der Waals surface area contributed by atoms with E-state index in [1.165, 1.54) is 49.7 Å². The molecule has 0 spiro atoms. The first-order valence-corrected chi connectivity index (χ1v) is 9.61. The van der Waals surface area contributed by atoms with Crippen molar-refractivity contribution in [2.45, 2.75) is 84.8 Å². The number of hydrogen-bond acceptors (Lipinski definition) is 3. The Balaban J connectivity index is 1.90. The molecule has 0 aromatic heterocycles. The second kappa shape index (κ2) is 9.93. The summed E-state index contributed by atoms with van der Waals surface area (Å²) in [4.78, 5) is 0. The summed E-state index contributed by atoms with van der Waals surface area (Å²) in [5.41, 5.74) is 3.62. The molecule has 1 aliphatic heterocycles. The van der Waals surface area contributed by atoms with E-state index >= 15 is 0 Å². The molecule has 24 heavy (non-hydrogen) atoms. The zero-order valence-corrected chi connectivity index (χ0v) is 16.0. The van der Waals surface area contributed by atoms with E-state index in [0.29, 0.717) is 6.61 Å². The van der Waals surface area contributed by atoms with Crippen molar-refractivity contribution in [3.8, 4) is 11.5 Å². The van der Waals surface area contributed by atoms with E-state index in [-0.39, 0.29) is 6.10 Å². The maximum absolute atomic E-state index is 6.18. The first kappa shape index (κ1) is 19.1. The Hall–Kier alpha value is -1.22. The fraction of sp³-hybridized carbons (Fsp3) is 0.714. The maximum atomic E-state index is 6.18. The average molecular weight is 335 g/mol. The molecule has 1 aliphatic rings. The highest BCUT2D eigenvalue weighted by molar-refractivity contribution is 5.54. The normalized spacial score (nSPS) is 16.8. The van der Waals surface area contributed by atoms with Crippen molar-refractivity contribution in [1.82, 2.24) is 0 Å². The van der Waals surface area contributed by atoms with Crippen LogP contribution in [0, 0.1) is 6.92 Å². The van der Waals surface area contributed by atoms with Crippen LogP contribution in [-0.4, -0.2) is 19.8 Å². The van der Waals surface area contributed by atoms with Crippen molar-refractivity contribution in [2.24, 2.45) is 0 Å². The van der Waals surface area contributed by atoms with Crippen LogP contribution in [0.1, 0.15) is 75.5 Å². The van der Waals surface area contributed by atoms with E-state index in [0.717, 1.165) is 36.5 Å². The van der Waals surface area contributed by atoms with Gasteiger partial charge in [-0.2, -0.15) is 0 Å². The van der Waals surface area contributed by atoms with Gasteiger partial charge in [-0.05, 0) is 38.3 Å². The Kier molecular flexibility index (Phi) is 7.90. The number of hydrogen-bond donors (Lipinski definition) is 0. The van der Waals surface area contributed by atoms with Gasteiger partial charge in [-0.3, -0.25) is 0 Å². The van der Waals surface area contributed by atoms with Gasteiger partial charge in [0.15, 0.2) is 0 Å². The molecule has 3 nitrogen and oxygen atoms in total. The summed E-state index contributed by atoms with van der Waals surface area (Å²) >= 11 is 0. The second-order valence-corrected chi connectivity index (χ2v) is 6.97. The van der Waals surface area contributed by atoms with Gasteiger partial charge in [0.05, 0.1) is 26.4 Å². The van der Waals surface area contributed by atoms with Gasteiger partial charge in [0, 0.05) is 11.1 Å². The largest absolute Gasteiger partial charge is 0.496 e. The maximum Gasteiger partial charge on any atom is 0.131 e. The molecule has 2 rings (SSSR count). The molecule has 1 heterocycles. The van der Waals surface area contributed by atoms with Gasteiger partial charge in [0.1, 0.15) is 11.5 Å². The molecule has 136 valence electrons. The molecule has 3 heteroatoms. The lowest BCUT2D eigenvalue weighted by Gasteiger charge is -2.26. The topological polar surface area (TPSA) is 27.7 Å². The predicted molar refractivity (Wildman–Crippen MR) is 99.2 cm³/mol. The average Bonchev–Trinajstić information content (AvgIpc) is 2.58. The summed E-state index contributed by atoms with van der Waals surface area (Å²) in [5.74, 6) is 1.92. The summed E-state index contributed by atoms with van der Waals surface area (Å²) in [6.45, 7) is 7.89. The van der Waals surface area contributed by atoms with Crippen LogP contribution in [0.25, 0.3) is 0 Å². The zero-order chi connectivity index (χ0) is 17.4. The molecule has 1 aromatic carbocycles. The molecule has 0 bridgehead atoms. The van der Waals surface area contributed by atoms with Gasteiger partial charge in [-0.25, -0.2) is 0 Å². The van der Waals surface area contributed by atoms with Crippen LogP contribution in [0.2, 0.25) is 0 Å². The summed E-state index contributed by atoms with van der Waals surface area (Å²) in [5, 5.41) is 0. The minimum absolute atomic E-state index is 0.265. The molecule has 1 atom stereocenters. The number of fused-ring (bicyclic) bond motifs is 1. The van der Waals surface area contributed by atoms with E-state index in [1.54, 1.807) is 7.11 Å². The molecule has 1 aromatic rings. The zero-order valence-electron chi connectivity index (χ0n) is 16.0. The molecule has 0 radical (unpaired) electrons. The van der Waals surface area contributed by atoms with Gasteiger partial charge in [-0.1, -0.05) is 45.4 Å². The molecule has 1 unspecified atom stereocenters. The van der Waals surface area contributed by atoms with Crippen LogP contribution in [0.15, 0.2) is 6.07 Å².